The molecular formula is C18H20I2N4S. The molecule has 0 saturated heterocycles. The molecule has 0 unspecified atom stereocenters. The van der Waals surface area contributed by atoms with Crippen LogP contribution in [0.25, 0.3) is 0 Å². The van der Waals surface area contributed by atoms with Gasteiger partial charge in [0.05, 0.1) is 23.5 Å². The second-order valence-corrected chi connectivity index (χ2v) is 9.33. The number of aryl methyl sites for hydroxylation is 2. The quantitative estimate of drug-likeness (QED) is 0.184. The van der Waals surface area contributed by atoms with Gasteiger partial charge in [-0.15, -0.1) is 0 Å². The summed E-state index contributed by atoms with van der Waals surface area (Å²) in [5.74, 6) is 0. The second kappa shape index (κ2) is 9.77. The van der Waals surface area contributed by atoms with Crippen LogP contribution in [-0.2, 0) is 0 Å². The van der Waals surface area contributed by atoms with Gasteiger partial charge in [0.2, 0.25) is 0 Å². The second-order valence-electron chi connectivity index (χ2n) is 5.52. The third-order valence-electron chi connectivity index (χ3n) is 3.29. The molecule has 0 N–H and O–H groups in total. The van der Waals surface area contributed by atoms with Crippen molar-refractivity contribution in [1.29, 1.82) is 0 Å². The fourth-order valence-corrected chi connectivity index (χ4v) is 3.94. The summed E-state index contributed by atoms with van der Waals surface area (Å²) in [6.45, 7) is 4.15. The van der Waals surface area contributed by atoms with Gasteiger partial charge in [-0.2, -0.15) is 0 Å². The lowest BCUT2D eigenvalue weighted by Gasteiger charge is -2.18. The van der Waals surface area contributed by atoms with Crippen LogP contribution in [0.3, 0.4) is 0 Å². The molecule has 0 amide bonds. The van der Waals surface area contributed by atoms with Crippen molar-refractivity contribution in [3.63, 3.8) is 0 Å². The van der Waals surface area contributed by atoms with E-state index in [4.69, 9.17) is 0 Å². The third-order valence-corrected chi connectivity index (χ3v) is 5.34. The van der Waals surface area contributed by atoms with Crippen LogP contribution < -0.4 is 0 Å². The van der Waals surface area contributed by atoms with E-state index < -0.39 is 0 Å². The Morgan fingerprint density at radius 1 is 0.800 bits per heavy atom. The van der Waals surface area contributed by atoms with E-state index >= 15 is 0 Å². The normalized spacial score (nSPS) is 11.4. The van der Waals surface area contributed by atoms with Gasteiger partial charge in [-0.3, -0.25) is 8.61 Å². The number of benzene rings is 2. The van der Waals surface area contributed by atoms with E-state index in [0.29, 0.717) is 0 Å². The van der Waals surface area contributed by atoms with Crippen molar-refractivity contribution in [3.8, 4) is 0 Å². The maximum absolute atomic E-state index is 4.55. The molecule has 4 nitrogen and oxygen atoms in total. The maximum atomic E-state index is 4.55. The van der Waals surface area contributed by atoms with Gasteiger partial charge in [-0.1, -0.05) is 0 Å². The molecule has 0 aliphatic heterocycles. The van der Waals surface area contributed by atoms with Gasteiger partial charge in [0.25, 0.3) is 0 Å². The highest BCUT2D eigenvalue weighted by Crippen LogP contribution is 2.22. The van der Waals surface area contributed by atoms with Crippen molar-refractivity contribution in [1.82, 2.24) is 8.61 Å². The van der Waals surface area contributed by atoms with Crippen LogP contribution in [0.4, 0.5) is 11.4 Å². The number of hydrogen-bond acceptors (Lipinski definition) is 3. The highest BCUT2D eigenvalue weighted by atomic mass is 127. The molecule has 0 aliphatic carbocycles. The molecule has 0 radical (unpaired) electrons. The minimum atomic E-state index is 0.985. The standard InChI is InChI=1S/C18H20I2N4S/c1-13-9-15(19)5-7-17(13)21-11-23(3)25-24(4)12-22-18-8-6-16(20)10-14(18)2/h5-12H,1-4H3/b21-11-,22-12-. The average Bonchev–Trinajstić information content (AvgIpc) is 2.53. The van der Waals surface area contributed by atoms with Gasteiger partial charge in [0, 0.05) is 21.2 Å². The number of rotatable bonds is 6. The molecule has 2 aromatic carbocycles. The van der Waals surface area contributed by atoms with Crippen molar-refractivity contribution < 1.29 is 0 Å². The fourth-order valence-electron chi connectivity index (χ4n) is 2.06. The molecule has 0 heterocycles. The SMILES string of the molecule is Cc1cc(I)ccc1/N=C\N(C)SN(C)/C=N\c1ccc(I)cc1C. The van der Waals surface area contributed by atoms with E-state index in [1.807, 2.05) is 47.5 Å². The predicted octanol–water partition coefficient (Wildman–Crippen LogP) is 5.96. The van der Waals surface area contributed by atoms with E-state index in [2.05, 4.69) is 93.3 Å². The maximum Gasteiger partial charge on any atom is 0.102 e. The Kier molecular flexibility index (Phi) is 8.01. The Bertz CT molecular complexity index is 727. The first kappa shape index (κ1) is 20.5. The molecule has 0 fully saturated rings. The van der Waals surface area contributed by atoms with Gasteiger partial charge in [0.1, 0.15) is 12.7 Å². The zero-order valence-electron chi connectivity index (χ0n) is 14.6. The van der Waals surface area contributed by atoms with Crippen LogP contribution in [0.5, 0.6) is 0 Å². The first-order chi connectivity index (χ1) is 11.8. The topological polar surface area (TPSA) is 31.2 Å². The number of nitrogens with zero attached hydrogens (tertiary/aromatic N) is 4. The predicted molar refractivity (Wildman–Crippen MR) is 127 cm³/mol. The summed E-state index contributed by atoms with van der Waals surface area (Å²) < 4.78 is 6.34. The fraction of sp³-hybridized carbons (Fsp3) is 0.222. The van der Waals surface area contributed by atoms with Gasteiger partial charge >= 0.3 is 0 Å². The average molecular weight is 578 g/mol. The van der Waals surface area contributed by atoms with E-state index in [9.17, 15) is 0 Å². The molecule has 0 bridgehead atoms. The first-order valence-electron chi connectivity index (χ1n) is 7.59. The van der Waals surface area contributed by atoms with E-state index in [-0.39, 0.29) is 0 Å². The van der Waals surface area contributed by atoms with Crippen LogP contribution in [0, 0.1) is 21.0 Å². The lowest BCUT2D eigenvalue weighted by Crippen LogP contribution is -2.16. The van der Waals surface area contributed by atoms with Gasteiger partial charge < -0.3 is 0 Å². The molecular weight excluding hydrogens is 558 g/mol. The molecule has 0 spiro atoms. The molecule has 0 aliphatic rings. The Hall–Kier alpha value is -0.810. The van der Waals surface area contributed by atoms with Crippen molar-refractivity contribution >= 4 is 81.4 Å². The summed E-state index contributed by atoms with van der Waals surface area (Å²) >= 11 is 6.14. The summed E-state index contributed by atoms with van der Waals surface area (Å²) in [7, 11) is 3.94. The molecule has 2 aromatic rings. The number of halogens is 2. The molecule has 0 aromatic heterocycles. The highest BCUT2D eigenvalue weighted by Gasteiger charge is 2.01. The minimum Gasteiger partial charge on any atom is -0.292 e. The van der Waals surface area contributed by atoms with Crippen LogP contribution in [0.1, 0.15) is 11.1 Å². The zero-order chi connectivity index (χ0) is 18.4. The van der Waals surface area contributed by atoms with Crippen molar-refractivity contribution in [2.75, 3.05) is 14.1 Å². The summed E-state index contributed by atoms with van der Waals surface area (Å²) in [5.41, 5.74) is 4.31. The summed E-state index contributed by atoms with van der Waals surface area (Å²) in [5, 5.41) is 0. The third kappa shape index (κ3) is 6.78. The summed E-state index contributed by atoms with van der Waals surface area (Å²) in [6, 6.07) is 12.5. The lowest BCUT2D eigenvalue weighted by molar-refractivity contribution is 0.779. The van der Waals surface area contributed by atoms with Crippen LogP contribution in [0.2, 0.25) is 0 Å². The summed E-state index contributed by atoms with van der Waals surface area (Å²) in [4.78, 5) is 9.09. The molecule has 7 heteroatoms. The Balaban J connectivity index is 1.94. The minimum absolute atomic E-state index is 0.985. The Morgan fingerprint density at radius 3 is 1.56 bits per heavy atom. The van der Waals surface area contributed by atoms with Gasteiger partial charge in [-0.25, -0.2) is 9.98 Å². The van der Waals surface area contributed by atoms with Gasteiger partial charge in [-0.05, 0) is 107 Å². The smallest absolute Gasteiger partial charge is 0.102 e. The molecule has 25 heavy (non-hydrogen) atoms. The molecule has 132 valence electrons. The number of aliphatic imine (C=N–C) groups is 2. The van der Waals surface area contributed by atoms with Gasteiger partial charge in [0.15, 0.2) is 0 Å². The van der Waals surface area contributed by atoms with Crippen LogP contribution in [-0.4, -0.2) is 35.4 Å². The monoisotopic (exact) mass is 578 g/mol. The molecule has 0 atom stereocenters. The van der Waals surface area contributed by atoms with Crippen molar-refractivity contribution in [3.05, 3.63) is 54.7 Å². The Labute approximate surface area is 181 Å². The highest BCUT2D eigenvalue weighted by molar-refractivity contribution is 14.1. The van der Waals surface area contributed by atoms with Crippen molar-refractivity contribution in [2.45, 2.75) is 13.8 Å². The van der Waals surface area contributed by atoms with E-state index in [1.165, 1.54) is 30.4 Å². The molecule has 2 rings (SSSR count). The van der Waals surface area contributed by atoms with Crippen molar-refractivity contribution in [2.24, 2.45) is 9.98 Å². The first-order valence-corrected chi connectivity index (χ1v) is 10.5. The van der Waals surface area contributed by atoms with Crippen LogP contribution in [0.15, 0.2) is 46.4 Å². The lowest BCUT2D eigenvalue weighted by atomic mass is 10.2. The number of hydrogen-bond donors (Lipinski definition) is 0. The van der Waals surface area contributed by atoms with Crippen LogP contribution >= 0.6 is 57.3 Å². The molecule has 0 saturated carbocycles. The zero-order valence-corrected chi connectivity index (χ0v) is 19.7. The largest absolute Gasteiger partial charge is 0.292 e. The summed E-state index contributed by atoms with van der Waals surface area (Å²) in [6.07, 6.45) is 3.64. The van der Waals surface area contributed by atoms with E-state index in [0.717, 1.165) is 11.4 Å². The Morgan fingerprint density at radius 2 is 1.20 bits per heavy atom. The van der Waals surface area contributed by atoms with E-state index in [1.54, 1.807) is 0 Å².